The van der Waals surface area contributed by atoms with Crippen LogP contribution in [0.2, 0.25) is 0 Å². The zero-order valence-corrected chi connectivity index (χ0v) is 7.84. The van der Waals surface area contributed by atoms with Crippen molar-refractivity contribution in [2.75, 3.05) is 0 Å². The van der Waals surface area contributed by atoms with Gasteiger partial charge in [-0.25, -0.2) is 0 Å². The summed E-state index contributed by atoms with van der Waals surface area (Å²) >= 11 is 1.62. The molecule has 2 aromatic rings. The van der Waals surface area contributed by atoms with Gasteiger partial charge in [-0.2, -0.15) is 11.3 Å². The molecule has 1 heterocycles. The first-order valence-corrected chi connectivity index (χ1v) is 4.99. The van der Waals surface area contributed by atoms with Crippen LogP contribution in [-0.4, -0.2) is 5.71 Å². The lowest BCUT2D eigenvalue weighted by Crippen LogP contribution is -1.98. The van der Waals surface area contributed by atoms with Crippen LogP contribution in [0.1, 0.15) is 11.1 Å². The molecule has 64 valence electrons. The topological polar surface area (TPSA) is 23.9 Å². The Bertz CT molecular complexity index is 389. The summed E-state index contributed by atoms with van der Waals surface area (Å²) < 4.78 is 0. The third-order valence-corrected chi connectivity index (χ3v) is 2.56. The summed E-state index contributed by atoms with van der Waals surface area (Å²) in [4.78, 5) is 0. The third-order valence-electron chi connectivity index (χ3n) is 1.87. The zero-order chi connectivity index (χ0) is 9.10. The maximum atomic E-state index is 7.89. The van der Waals surface area contributed by atoms with E-state index in [2.05, 4.69) is 0 Å². The molecule has 0 spiro atoms. The van der Waals surface area contributed by atoms with Gasteiger partial charge < -0.3 is 0 Å². The van der Waals surface area contributed by atoms with Gasteiger partial charge in [-0.3, -0.25) is 5.41 Å². The monoisotopic (exact) mass is 187 g/mol. The van der Waals surface area contributed by atoms with Gasteiger partial charge in [0.1, 0.15) is 0 Å². The SMILES string of the molecule is N=C(c1ccccc1)c1ccsc1. The molecule has 0 amide bonds. The molecule has 1 aromatic carbocycles. The van der Waals surface area contributed by atoms with Gasteiger partial charge in [0, 0.05) is 16.5 Å². The van der Waals surface area contributed by atoms with Gasteiger partial charge in [0.15, 0.2) is 0 Å². The van der Waals surface area contributed by atoms with E-state index in [4.69, 9.17) is 5.41 Å². The molecular weight excluding hydrogens is 178 g/mol. The number of hydrogen-bond acceptors (Lipinski definition) is 2. The highest BCUT2D eigenvalue weighted by Gasteiger charge is 2.02. The Morgan fingerprint density at radius 3 is 2.38 bits per heavy atom. The maximum absolute atomic E-state index is 7.89. The second-order valence-electron chi connectivity index (χ2n) is 2.75. The van der Waals surface area contributed by atoms with E-state index in [-0.39, 0.29) is 0 Å². The standard InChI is InChI=1S/C11H9NS/c12-11(10-6-7-13-8-10)9-4-2-1-3-5-9/h1-8,12H. The average molecular weight is 187 g/mol. The molecule has 1 nitrogen and oxygen atoms in total. The highest BCUT2D eigenvalue weighted by atomic mass is 32.1. The van der Waals surface area contributed by atoms with E-state index in [0.717, 1.165) is 11.1 Å². The van der Waals surface area contributed by atoms with Gasteiger partial charge in [-0.1, -0.05) is 30.3 Å². The molecule has 2 heteroatoms. The highest BCUT2D eigenvalue weighted by Crippen LogP contribution is 2.12. The molecule has 13 heavy (non-hydrogen) atoms. The van der Waals surface area contributed by atoms with Crippen LogP contribution in [0.25, 0.3) is 0 Å². The summed E-state index contributed by atoms with van der Waals surface area (Å²) in [5.41, 5.74) is 2.57. The minimum atomic E-state index is 0.599. The fourth-order valence-corrected chi connectivity index (χ4v) is 1.82. The van der Waals surface area contributed by atoms with E-state index in [1.807, 2.05) is 47.2 Å². The van der Waals surface area contributed by atoms with Gasteiger partial charge >= 0.3 is 0 Å². The maximum Gasteiger partial charge on any atom is 0.0692 e. The Morgan fingerprint density at radius 1 is 1.00 bits per heavy atom. The van der Waals surface area contributed by atoms with Crippen molar-refractivity contribution in [3.63, 3.8) is 0 Å². The van der Waals surface area contributed by atoms with Gasteiger partial charge in [0.2, 0.25) is 0 Å². The smallest absolute Gasteiger partial charge is 0.0692 e. The van der Waals surface area contributed by atoms with E-state index in [1.165, 1.54) is 0 Å². The first-order chi connectivity index (χ1) is 6.38. The summed E-state index contributed by atoms with van der Waals surface area (Å²) in [6.07, 6.45) is 0. The van der Waals surface area contributed by atoms with Gasteiger partial charge in [-0.05, 0) is 11.4 Å². The van der Waals surface area contributed by atoms with Crippen LogP contribution in [0.4, 0.5) is 0 Å². The van der Waals surface area contributed by atoms with Crippen LogP contribution in [0.15, 0.2) is 47.2 Å². The van der Waals surface area contributed by atoms with Crippen molar-refractivity contribution in [2.45, 2.75) is 0 Å². The predicted octanol–water partition coefficient (Wildman–Crippen LogP) is 3.16. The van der Waals surface area contributed by atoms with Gasteiger partial charge in [0.25, 0.3) is 0 Å². The molecule has 0 unspecified atom stereocenters. The van der Waals surface area contributed by atoms with E-state index in [9.17, 15) is 0 Å². The number of benzene rings is 1. The Hall–Kier alpha value is -1.41. The number of nitrogens with one attached hydrogen (secondary N) is 1. The van der Waals surface area contributed by atoms with Crippen LogP contribution >= 0.6 is 11.3 Å². The minimum absolute atomic E-state index is 0.599. The van der Waals surface area contributed by atoms with Crippen molar-refractivity contribution in [1.82, 2.24) is 0 Å². The van der Waals surface area contributed by atoms with Crippen LogP contribution in [0, 0.1) is 5.41 Å². The first-order valence-electron chi connectivity index (χ1n) is 4.04. The zero-order valence-electron chi connectivity index (χ0n) is 7.03. The summed E-state index contributed by atoms with van der Waals surface area (Å²) in [6.45, 7) is 0. The quantitative estimate of drug-likeness (QED) is 0.698. The Morgan fingerprint density at radius 2 is 1.77 bits per heavy atom. The highest BCUT2D eigenvalue weighted by molar-refractivity contribution is 7.08. The van der Waals surface area contributed by atoms with Crippen LogP contribution < -0.4 is 0 Å². The van der Waals surface area contributed by atoms with Crippen molar-refractivity contribution in [2.24, 2.45) is 0 Å². The Labute approximate surface area is 81.2 Å². The number of rotatable bonds is 2. The minimum Gasteiger partial charge on any atom is -0.300 e. The van der Waals surface area contributed by atoms with E-state index in [1.54, 1.807) is 11.3 Å². The van der Waals surface area contributed by atoms with Crippen molar-refractivity contribution in [3.8, 4) is 0 Å². The van der Waals surface area contributed by atoms with Gasteiger partial charge in [-0.15, -0.1) is 0 Å². The fraction of sp³-hybridized carbons (Fsp3) is 0. The normalized spacial score (nSPS) is 9.85. The second-order valence-corrected chi connectivity index (χ2v) is 3.53. The second kappa shape index (κ2) is 3.54. The fourth-order valence-electron chi connectivity index (χ4n) is 1.18. The summed E-state index contributed by atoms with van der Waals surface area (Å²) in [6, 6.07) is 11.8. The number of hydrogen-bond donors (Lipinski definition) is 1. The molecule has 0 saturated heterocycles. The van der Waals surface area contributed by atoms with E-state index >= 15 is 0 Å². The molecule has 0 aliphatic carbocycles. The van der Waals surface area contributed by atoms with Gasteiger partial charge in [0.05, 0.1) is 5.71 Å². The summed E-state index contributed by atoms with van der Waals surface area (Å²) in [7, 11) is 0. The van der Waals surface area contributed by atoms with Crippen molar-refractivity contribution >= 4 is 17.0 Å². The largest absolute Gasteiger partial charge is 0.300 e. The van der Waals surface area contributed by atoms with Crippen LogP contribution in [0.5, 0.6) is 0 Å². The van der Waals surface area contributed by atoms with Crippen LogP contribution in [-0.2, 0) is 0 Å². The third kappa shape index (κ3) is 1.68. The van der Waals surface area contributed by atoms with Crippen molar-refractivity contribution < 1.29 is 0 Å². The summed E-state index contributed by atoms with van der Waals surface area (Å²) in [5, 5.41) is 11.9. The summed E-state index contributed by atoms with van der Waals surface area (Å²) in [5.74, 6) is 0. The lowest BCUT2D eigenvalue weighted by atomic mass is 10.1. The Balaban J connectivity index is 2.34. The lowest BCUT2D eigenvalue weighted by Gasteiger charge is -1.99. The molecule has 0 atom stereocenters. The molecule has 0 bridgehead atoms. The Kier molecular flexibility index (Phi) is 2.23. The lowest BCUT2D eigenvalue weighted by molar-refractivity contribution is 1.47. The molecule has 1 N–H and O–H groups in total. The number of thiophene rings is 1. The first kappa shape index (κ1) is 8.20. The predicted molar refractivity (Wildman–Crippen MR) is 56.7 cm³/mol. The van der Waals surface area contributed by atoms with Crippen molar-refractivity contribution in [3.05, 3.63) is 58.3 Å². The molecule has 2 rings (SSSR count). The molecule has 0 saturated carbocycles. The van der Waals surface area contributed by atoms with Crippen molar-refractivity contribution in [1.29, 1.82) is 5.41 Å². The molecule has 0 aliphatic heterocycles. The van der Waals surface area contributed by atoms with E-state index < -0.39 is 0 Å². The molecule has 0 radical (unpaired) electrons. The molecule has 0 aliphatic rings. The van der Waals surface area contributed by atoms with E-state index in [0.29, 0.717) is 5.71 Å². The van der Waals surface area contributed by atoms with Crippen LogP contribution in [0.3, 0.4) is 0 Å². The molecule has 0 fully saturated rings. The molecule has 1 aromatic heterocycles. The average Bonchev–Trinajstić information content (AvgIpc) is 2.71. The molecular formula is C11H9NS.